The minimum atomic E-state index is -0.288. The molecule has 5 nitrogen and oxygen atoms in total. The van der Waals surface area contributed by atoms with Gasteiger partial charge in [0.15, 0.2) is 11.0 Å². The third kappa shape index (κ3) is 4.86. The summed E-state index contributed by atoms with van der Waals surface area (Å²) in [4.78, 5) is 14.1. The predicted octanol–water partition coefficient (Wildman–Crippen LogP) is 4.02. The Morgan fingerprint density at radius 3 is 2.57 bits per heavy atom. The van der Waals surface area contributed by atoms with E-state index in [1.54, 1.807) is 30.2 Å². The number of thioether (sulfide) groups is 1. The van der Waals surface area contributed by atoms with Gasteiger partial charge >= 0.3 is 0 Å². The van der Waals surface area contributed by atoms with Crippen molar-refractivity contribution < 1.29 is 9.18 Å². The number of carbonyl (C=O) groups is 1. The number of halogens is 1. The first-order valence-corrected chi connectivity index (χ1v) is 9.77. The second kappa shape index (κ2) is 9.32. The Morgan fingerprint density at radius 1 is 1.18 bits per heavy atom. The van der Waals surface area contributed by atoms with Crippen LogP contribution in [0.15, 0.2) is 72.4 Å². The molecule has 2 aromatic carbocycles. The highest BCUT2D eigenvalue weighted by molar-refractivity contribution is 7.99. The van der Waals surface area contributed by atoms with Crippen LogP contribution in [0, 0.1) is 5.82 Å². The summed E-state index contributed by atoms with van der Waals surface area (Å²) in [6.07, 6.45) is 1.78. The fourth-order valence-electron chi connectivity index (χ4n) is 2.68. The molecule has 0 aliphatic carbocycles. The number of hydrogen-bond acceptors (Lipinski definition) is 4. The van der Waals surface area contributed by atoms with Gasteiger partial charge in [-0.1, -0.05) is 60.3 Å². The largest absolute Gasteiger partial charge is 0.341 e. The lowest BCUT2D eigenvalue weighted by Crippen LogP contribution is -2.27. The van der Waals surface area contributed by atoms with Gasteiger partial charge in [-0.15, -0.1) is 16.8 Å². The van der Waals surface area contributed by atoms with Crippen molar-refractivity contribution in [2.75, 3.05) is 12.8 Å². The maximum atomic E-state index is 13.0. The van der Waals surface area contributed by atoms with E-state index < -0.39 is 0 Å². The Hall–Kier alpha value is -2.93. The van der Waals surface area contributed by atoms with Crippen LogP contribution in [0.4, 0.5) is 4.39 Å². The summed E-state index contributed by atoms with van der Waals surface area (Å²) >= 11 is 1.34. The van der Waals surface area contributed by atoms with Gasteiger partial charge in [0.05, 0.1) is 5.75 Å². The highest BCUT2D eigenvalue weighted by Gasteiger charge is 2.16. The Kier molecular flexibility index (Phi) is 6.60. The molecule has 0 radical (unpaired) electrons. The van der Waals surface area contributed by atoms with E-state index in [1.165, 1.54) is 23.9 Å². The fourth-order valence-corrected chi connectivity index (χ4v) is 3.57. The summed E-state index contributed by atoms with van der Waals surface area (Å²) in [5, 5.41) is 9.21. The molecule has 3 aromatic rings. The fraction of sp³-hybridized carbons (Fsp3) is 0.190. The summed E-state index contributed by atoms with van der Waals surface area (Å²) in [6.45, 7) is 4.78. The van der Waals surface area contributed by atoms with Crippen LogP contribution in [-0.2, 0) is 17.9 Å². The second-order valence-electron chi connectivity index (χ2n) is 6.24. The smallest absolute Gasteiger partial charge is 0.233 e. The molecule has 0 unspecified atom stereocenters. The van der Waals surface area contributed by atoms with E-state index >= 15 is 0 Å². The first kappa shape index (κ1) is 19.8. The number of aromatic nitrogens is 3. The first-order valence-electron chi connectivity index (χ1n) is 8.79. The first-order chi connectivity index (χ1) is 13.6. The van der Waals surface area contributed by atoms with E-state index in [-0.39, 0.29) is 17.5 Å². The van der Waals surface area contributed by atoms with E-state index in [1.807, 2.05) is 34.9 Å². The molecule has 0 spiro atoms. The van der Waals surface area contributed by atoms with Crippen LogP contribution in [-0.4, -0.2) is 38.4 Å². The number of amides is 1. The number of allylic oxidation sites excluding steroid dienone is 1. The van der Waals surface area contributed by atoms with E-state index in [0.29, 0.717) is 18.2 Å². The quantitative estimate of drug-likeness (QED) is 0.426. The number of carbonyl (C=O) groups excluding carboxylic acids is 1. The molecule has 1 amide bonds. The topological polar surface area (TPSA) is 51.0 Å². The van der Waals surface area contributed by atoms with Gasteiger partial charge in [-0.05, 0) is 17.7 Å². The van der Waals surface area contributed by atoms with Gasteiger partial charge in [-0.3, -0.25) is 9.36 Å². The predicted molar refractivity (Wildman–Crippen MR) is 109 cm³/mol. The number of nitrogens with zero attached hydrogens (tertiary/aromatic N) is 4. The van der Waals surface area contributed by atoms with Gasteiger partial charge in [0.1, 0.15) is 5.82 Å². The van der Waals surface area contributed by atoms with Gasteiger partial charge in [0.2, 0.25) is 5.91 Å². The van der Waals surface area contributed by atoms with E-state index in [0.717, 1.165) is 17.0 Å². The average molecular weight is 396 g/mol. The zero-order valence-corrected chi connectivity index (χ0v) is 16.4. The van der Waals surface area contributed by atoms with Crippen molar-refractivity contribution in [3.05, 3.63) is 78.6 Å². The van der Waals surface area contributed by atoms with Crippen molar-refractivity contribution in [2.24, 2.45) is 0 Å². The van der Waals surface area contributed by atoms with Crippen LogP contribution in [0.5, 0.6) is 0 Å². The van der Waals surface area contributed by atoms with Gasteiger partial charge in [-0.2, -0.15) is 0 Å². The third-order valence-corrected chi connectivity index (χ3v) is 5.10. The summed E-state index contributed by atoms with van der Waals surface area (Å²) in [5.74, 6) is 0.657. The minimum absolute atomic E-state index is 0.0382. The molecule has 0 N–H and O–H groups in total. The molecule has 0 saturated carbocycles. The molecule has 7 heteroatoms. The molecule has 144 valence electrons. The third-order valence-electron chi connectivity index (χ3n) is 4.14. The molecule has 0 atom stereocenters. The molecule has 1 aromatic heterocycles. The monoisotopic (exact) mass is 396 g/mol. The number of rotatable bonds is 8. The molecule has 0 aliphatic rings. The Bertz CT molecular complexity index is 941. The van der Waals surface area contributed by atoms with Gasteiger partial charge < -0.3 is 4.90 Å². The summed E-state index contributed by atoms with van der Waals surface area (Å²) in [7, 11) is 1.73. The maximum absolute atomic E-state index is 13.0. The number of hydrogen-bond donors (Lipinski definition) is 0. The van der Waals surface area contributed by atoms with Crippen LogP contribution < -0.4 is 0 Å². The van der Waals surface area contributed by atoms with Crippen molar-refractivity contribution in [1.29, 1.82) is 0 Å². The summed E-state index contributed by atoms with van der Waals surface area (Å²) in [5.41, 5.74) is 1.84. The summed E-state index contributed by atoms with van der Waals surface area (Å²) in [6, 6.07) is 15.9. The number of benzene rings is 2. The lowest BCUT2D eigenvalue weighted by Gasteiger charge is -2.17. The summed E-state index contributed by atoms with van der Waals surface area (Å²) < 4.78 is 15.0. The van der Waals surface area contributed by atoms with Gasteiger partial charge in [0, 0.05) is 25.7 Å². The van der Waals surface area contributed by atoms with Crippen molar-refractivity contribution >= 4 is 17.7 Å². The SMILES string of the molecule is C=CCn1c(SCC(=O)N(C)Cc2ccc(F)cc2)nnc1-c1ccccc1. The molecule has 0 saturated heterocycles. The van der Waals surface area contributed by atoms with Gasteiger partial charge in [0.25, 0.3) is 0 Å². The van der Waals surface area contributed by atoms with Crippen molar-refractivity contribution in [3.8, 4) is 11.4 Å². The van der Waals surface area contributed by atoms with Crippen LogP contribution >= 0.6 is 11.8 Å². The maximum Gasteiger partial charge on any atom is 0.233 e. The van der Waals surface area contributed by atoms with Crippen molar-refractivity contribution in [2.45, 2.75) is 18.2 Å². The Morgan fingerprint density at radius 2 is 1.89 bits per heavy atom. The molecule has 0 fully saturated rings. The molecular formula is C21H21FN4OS. The lowest BCUT2D eigenvalue weighted by atomic mass is 10.2. The highest BCUT2D eigenvalue weighted by Crippen LogP contribution is 2.24. The van der Waals surface area contributed by atoms with Crippen LogP contribution in [0.3, 0.4) is 0 Å². The Labute approximate surface area is 167 Å². The van der Waals surface area contributed by atoms with Crippen LogP contribution in [0.2, 0.25) is 0 Å². The molecular weight excluding hydrogens is 375 g/mol. The molecule has 0 bridgehead atoms. The van der Waals surface area contributed by atoms with Crippen LogP contribution in [0.1, 0.15) is 5.56 Å². The Balaban J connectivity index is 1.66. The lowest BCUT2D eigenvalue weighted by molar-refractivity contribution is -0.127. The molecule has 0 aliphatic heterocycles. The highest BCUT2D eigenvalue weighted by atomic mass is 32.2. The van der Waals surface area contributed by atoms with Crippen LogP contribution in [0.25, 0.3) is 11.4 Å². The zero-order chi connectivity index (χ0) is 19.9. The molecule has 1 heterocycles. The standard InChI is InChI=1S/C21H21FN4OS/c1-3-13-26-20(17-7-5-4-6-8-17)23-24-21(26)28-15-19(27)25(2)14-16-9-11-18(22)12-10-16/h3-12H,1,13-15H2,2H3. The molecule has 3 rings (SSSR count). The van der Waals surface area contributed by atoms with Crippen molar-refractivity contribution in [1.82, 2.24) is 19.7 Å². The minimum Gasteiger partial charge on any atom is -0.341 e. The zero-order valence-electron chi connectivity index (χ0n) is 15.6. The van der Waals surface area contributed by atoms with Gasteiger partial charge in [-0.25, -0.2) is 4.39 Å². The normalized spacial score (nSPS) is 10.6. The van der Waals surface area contributed by atoms with E-state index in [9.17, 15) is 9.18 Å². The average Bonchev–Trinajstić information content (AvgIpc) is 3.11. The van der Waals surface area contributed by atoms with E-state index in [2.05, 4.69) is 16.8 Å². The second-order valence-corrected chi connectivity index (χ2v) is 7.18. The van der Waals surface area contributed by atoms with E-state index in [4.69, 9.17) is 0 Å². The molecule has 28 heavy (non-hydrogen) atoms. The van der Waals surface area contributed by atoms with Crippen molar-refractivity contribution in [3.63, 3.8) is 0 Å².